The quantitative estimate of drug-likeness (QED) is 0.378. The van der Waals surface area contributed by atoms with Gasteiger partial charge in [0.1, 0.15) is 24.4 Å². The van der Waals surface area contributed by atoms with Crippen molar-refractivity contribution in [3.05, 3.63) is 12.2 Å². The molecule has 0 aliphatic carbocycles. The van der Waals surface area contributed by atoms with Crippen LogP contribution in [0.4, 0.5) is 0 Å². The van der Waals surface area contributed by atoms with Gasteiger partial charge < -0.3 is 24.8 Å². The predicted molar refractivity (Wildman–Crippen MR) is 85.7 cm³/mol. The van der Waals surface area contributed by atoms with Gasteiger partial charge in [-0.1, -0.05) is 38.3 Å². The zero-order valence-corrected chi connectivity index (χ0v) is 13.7. The molecule has 1 heterocycles. The Morgan fingerprint density at radius 3 is 2.50 bits per heavy atom. The first-order chi connectivity index (χ1) is 10.7. The normalized spacial score (nSPS) is 26.8. The van der Waals surface area contributed by atoms with Gasteiger partial charge in [0.2, 0.25) is 0 Å². The number of hydrogen-bond donors (Lipinski definition) is 3. The van der Waals surface area contributed by atoms with Crippen molar-refractivity contribution in [2.75, 3.05) is 19.8 Å². The summed E-state index contributed by atoms with van der Waals surface area (Å²) >= 11 is 0. The fraction of sp³-hybridized carbons (Fsp3) is 0.882. The molecule has 0 aromatic heterocycles. The minimum atomic E-state index is -0.978. The van der Waals surface area contributed by atoms with Gasteiger partial charge in [0.25, 0.3) is 0 Å². The third-order valence-corrected chi connectivity index (χ3v) is 3.99. The van der Waals surface area contributed by atoms with Crippen molar-refractivity contribution in [1.29, 1.82) is 0 Å². The Balaban J connectivity index is 2.02. The van der Waals surface area contributed by atoms with Gasteiger partial charge in [0, 0.05) is 6.61 Å². The SMILES string of the molecule is CC/C=C/CCCCCCCO[C@@H](CO)[C@@H]1OC[C@@H](O)[C@@H]1O. The molecule has 5 heteroatoms. The van der Waals surface area contributed by atoms with Crippen molar-refractivity contribution in [2.24, 2.45) is 0 Å². The third-order valence-electron chi connectivity index (χ3n) is 3.99. The van der Waals surface area contributed by atoms with Gasteiger partial charge in [0.05, 0.1) is 13.2 Å². The first-order valence-electron chi connectivity index (χ1n) is 8.55. The van der Waals surface area contributed by atoms with Gasteiger partial charge in [-0.2, -0.15) is 0 Å². The lowest BCUT2D eigenvalue weighted by atomic mass is 10.1. The van der Waals surface area contributed by atoms with Gasteiger partial charge in [-0.05, 0) is 25.7 Å². The van der Waals surface area contributed by atoms with E-state index in [0.29, 0.717) is 6.61 Å². The van der Waals surface area contributed by atoms with Crippen molar-refractivity contribution >= 4 is 0 Å². The van der Waals surface area contributed by atoms with Crippen LogP contribution in [-0.2, 0) is 9.47 Å². The number of allylic oxidation sites excluding steroid dienone is 2. The van der Waals surface area contributed by atoms with Crippen LogP contribution >= 0.6 is 0 Å². The third kappa shape index (κ3) is 7.20. The number of unbranched alkanes of at least 4 members (excludes halogenated alkanes) is 5. The van der Waals surface area contributed by atoms with E-state index in [1.807, 2.05) is 0 Å². The summed E-state index contributed by atoms with van der Waals surface area (Å²) in [6.45, 7) is 2.58. The summed E-state index contributed by atoms with van der Waals surface area (Å²) in [4.78, 5) is 0. The molecule has 3 N–H and O–H groups in total. The summed E-state index contributed by atoms with van der Waals surface area (Å²) in [5.41, 5.74) is 0. The summed E-state index contributed by atoms with van der Waals surface area (Å²) in [6, 6.07) is 0. The average molecular weight is 316 g/mol. The summed E-state index contributed by atoms with van der Waals surface area (Å²) in [7, 11) is 0. The molecule has 130 valence electrons. The maximum absolute atomic E-state index is 9.75. The Bertz CT molecular complexity index is 295. The average Bonchev–Trinajstić information content (AvgIpc) is 2.85. The molecule has 0 amide bonds. The second-order valence-electron chi connectivity index (χ2n) is 5.88. The molecule has 1 rings (SSSR count). The molecule has 1 aliphatic rings. The van der Waals surface area contributed by atoms with E-state index < -0.39 is 24.4 Å². The number of aliphatic hydroxyl groups excluding tert-OH is 3. The highest BCUT2D eigenvalue weighted by molar-refractivity contribution is 4.88. The Labute approximate surface area is 133 Å². The van der Waals surface area contributed by atoms with Crippen LogP contribution in [0.2, 0.25) is 0 Å². The molecule has 22 heavy (non-hydrogen) atoms. The lowest BCUT2D eigenvalue weighted by Gasteiger charge is -2.24. The van der Waals surface area contributed by atoms with Gasteiger partial charge in [-0.15, -0.1) is 0 Å². The minimum absolute atomic E-state index is 0.0954. The topological polar surface area (TPSA) is 79.2 Å². The molecule has 0 aromatic rings. The smallest absolute Gasteiger partial charge is 0.114 e. The van der Waals surface area contributed by atoms with Crippen LogP contribution in [-0.4, -0.2) is 59.6 Å². The second kappa shape index (κ2) is 12.0. The maximum atomic E-state index is 9.75. The van der Waals surface area contributed by atoms with Crippen LogP contribution in [0.5, 0.6) is 0 Å². The number of hydrogen-bond acceptors (Lipinski definition) is 5. The zero-order valence-electron chi connectivity index (χ0n) is 13.7. The Morgan fingerprint density at radius 1 is 1.14 bits per heavy atom. The van der Waals surface area contributed by atoms with Crippen LogP contribution < -0.4 is 0 Å². The fourth-order valence-electron chi connectivity index (χ4n) is 2.62. The number of rotatable bonds is 12. The van der Waals surface area contributed by atoms with E-state index in [2.05, 4.69) is 19.1 Å². The van der Waals surface area contributed by atoms with E-state index >= 15 is 0 Å². The first kappa shape index (κ1) is 19.6. The van der Waals surface area contributed by atoms with E-state index in [9.17, 15) is 15.3 Å². The fourth-order valence-corrected chi connectivity index (χ4v) is 2.62. The molecule has 0 saturated carbocycles. The molecular weight excluding hydrogens is 284 g/mol. The van der Waals surface area contributed by atoms with Gasteiger partial charge in [0.15, 0.2) is 0 Å². The number of ether oxygens (including phenoxy) is 2. The van der Waals surface area contributed by atoms with Gasteiger partial charge >= 0.3 is 0 Å². The summed E-state index contributed by atoms with van der Waals surface area (Å²) in [6.07, 6.45) is 9.36. The lowest BCUT2D eigenvalue weighted by molar-refractivity contribution is -0.101. The Morgan fingerprint density at radius 2 is 1.86 bits per heavy atom. The molecule has 0 aromatic carbocycles. The highest BCUT2D eigenvalue weighted by Crippen LogP contribution is 2.19. The van der Waals surface area contributed by atoms with Crippen molar-refractivity contribution < 1.29 is 24.8 Å². The molecule has 0 radical (unpaired) electrons. The van der Waals surface area contributed by atoms with Crippen molar-refractivity contribution in [2.45, 2.75) is 76.3 Å². The van der Waals surface area contributed by atoms with Crippen LogP contribution in [0.15, 0.2) is 12.2 Å². The van der Waals surface area contributed by atoms with Crippen molar-refractivity contribution in [3.8, 4) is 0 Å². The van der Waals surface area contributed by atoms with E-state index in [1.54, 1.807) is 0 Å². The summed E-state index contributed by atoms with van der Waals surface area (Å²) in [5.74, 6) is 0. The minimum Gasteiger partial charge on any atom is -0.394 e. The molecule has 5 nitrogen and oxygen atoms in total. The molecule has 1 saturated heterocycles. The van der Waals surface area contributed by atoms with E-state index in [4.69, 9.17) is 9.47 Å². The van der Waals surface area contributed by atoms with Crippen LogP contribution in [0.25, 0.3) is 0 Å². The van der Waals surface area contributed by atoms with Gasteiger partial charge in [-0.25, -0.2) is 0 Å². The highest BCUT2D eigenvalue weighted by atomic mass is 16.6. The lowest BCUT2D eigenvalue weighted by Crippen LogP contribution is -2.42. The predicted octanol–water partition coefficient (Wildman–Crippen LogP) is 1.79. The second-order valence-corrected chi connectivity index (χ2v) is 5.88. The highest BCUT2D eigenvalue weighted by Gasteiger charge is 2.40. The number of aliphatic hydroxyl groups is 3. The van der Waals surface area contributed by atoms with Crippen LogP contribution in [0, 0.1) is 0 Å². The molecule has 0 unspecified atom stereocenters. The van der Waals surface area contributed by atoms with Gasteiger partial charge in [-0.3, -0.25) is 0 Å². The molecule has 1 aliphatic heterocycles. The van der Waals surface area contributed by atoms with E-state index in [1.165, 1.54) is 19.3 Å². The summed E-state index contributed by atoms with van der Waals surface area (Å²) < 4.78 is 10.9. The first-order valence-corrected chi connectivity index (χ1v) is 8.55. The van der Waals surface area contributed by atoms with Crippen LogP contribution in [0.1, 0.15) is 51.9 Å². The Hall–Kier alpha value is -0.460. The maximum Gasteiger partial charge on any atom is 0.114 e. The van der Waals surface area contributed by atoms with Crippen molar-refractivity contribution in [1.82, 2.24) is 0 Å². The molecular formula is C17H32O5. The Kier molecular flexibility index (Phi) is 10.7. The van der Waals surface area contributed by atoms with E-state index in [0.717, 1.165) is 25.7 Å². The molecule has 0 spiro atoms. The molecule has 0 bridgehead atoms. The standard InChI is InChI=1S/C17H32O5/c1-2-3-4-5-6-7-8-9-10-11-21-15(12-18)17-16(20)14(19)13-22-17/h3-4,14-20H,2,5-13H2,1H3/b4-3+/t14-,15+,16+,17+/m1/s1. The summed E-state index contributed by atoms with van der Waals surface area (Å²) in [5, 5.41) is 28.5. The molecule has 1 fully saturated rings. The largest absolute Gasteiger partial charge is 0.394 e. The monoisotopic (exact) mass is 316 g/mol. The zero-order chi connectivity index (χ0) is 16.2. The van der Waals surface area contributed by atoms with Crippen LogP contribution in [0.3, 0.4) is 0 Å². The van der Waals surface area contributed by atoms with Crippen molar-refractivity contribution in [3.63, 3.8) is 0 Å². The van der Waals surface area contributed by atoms with E-state index in [-0.39, 0.29) is 13.2 Å². The molecule has 4 atom stereocenters.